The zero-order valence-corrected chi connectivity index (χ0v) is 14.0. The van der Waals surface area contributed by atoms with E-state index in [1.54, 1.807) is 12.3 Å². The number of nitrogens with one attached hydrogen (secondary N) is 1. The lowest BCUT2D eigenvalue weighted by atomic mass is 10.1. The van der Waals surface area contributed by atoms with Crippen LogP contribution in [0.1, 0.15) is 40.7 Å². The monoisotopic (exact) mass is 330 g/mol. The van der Waals surface area contributed by atoms with Gasteiger partial charge in [-0.05, 0) is 18.1 Å². The van der Waals surface area contributed by atoms with E-state index in [1.165, 1.54) is 17.5 Å². The maximum absolute atomic E-state index is 12.5. The molecule has 3 aromatic rings. The molecule has 0 spiro atoms. The van der Waals surface area contributed by atoms with Crippen LogP contribution >= 0.6 is 11.3 Å². The lowest BCUT2D eigenvalue weighted by Crippen LogP contribution is -2.12. The third kappa shape index (κ3) is 2.85. The largest absolute Gasteiger partial charge is 0.392 e. The number of fused-ring (bicyclic) bond motifs is 1. The summed E-state index contributed by atoms with van der Waals surface area (Å²) in [5.41, 5.74) is 2.16. The van der Waals surface area contributed by atoms with Gasteiger partial charge < -0.3 is 10.4 Å². The molecule has 0 aliphatic heterocycles. The molecular weight excluding hydrogens is 312 g/mol. The summed E-state index contributed by atoms with van der Waals surface area (Å²) in [4.78, 5) is 18.1. The zero-order valence-electron chi connectivity index (χ0n) is 13.2. The van der Waals surface area contributed by atoms with Crippen molar-refractivity contribution in [3.8, 4) is 0 Å². The fraction of sp³-hybridized carbons (Fsp3) is 0.312. The van der Waals surface area contributed by atoms with Crippen LogP contribution in [-0.2, 0) is 13.7 Å². The topological polar surface area (TPSA) is 80.0 Å². The minimum atomic E-state index is -0.205. The van der Waals surface area contributed by atoms with Crippen LogP contribution < -0.4 is 5.32 Å². The Hall–Kier alpha value is -2.25. The summed E-state index contributed by atoms with van der Waals surface area (Å²) in [6.45, 7) is 4.02. The van der Waals surface area contributed by atoms with Crippen molar-refractivity contribution in [1.29, 1.82) is 0 Å². The van der Waals surface area contributed by atoms with Crippen LogP contribution in [0.2, 0.25) is 0 Å². The number of thiophene rings is 1. The van der Waals surface area contributed by atoms with E-state index in [-0.39, 0.29) is 12.5 Å². The molecule has 0 atom stereocenters. The summed E-state index contributed by atoms with van der Waals surface area (Å²) < 4.78 is 1.81. The molecule has 120 valence electrons. The van der Waals surface area contributed by atoms with E-state index in [0.29, 0.717) is 22.0 Å². The van der Waals surface area contributed by atoms with Crippen LogP contribution in [-0.4, -0.2) is 25.8 Å². The molecule has 1 amide bonds. The Morgan fingerprint density at radius 3 is 2.96 bits per heavy atom. The number of carbonyl (C=O) groups excluding carboxylic acids is 1. The Labute approximate surface area is 137 Å². The number of amides is 1. The Balaban J connectivity index is 1.94. The second kappa shape index (κ2) is 6.10. The summed E-state index contributed by atoms with van der Waals surface area (Å²) >= 11 is 1.41. The highest BCUT2D eigenvalue weighted by molar-refractivity contribution is 7.20. The first-order chi connectivity index (χ1) is 11.0. The molecule has 0 saturated carbocycles. The SMILES string of the molecule is CC(C)c1nn(C)c2sc(C(=O)Nc3cnccc3CO)cc12. The van der Waals surface area contributed by atoms with Gasteiger partial charge in [-0.25, -0.2) is 0 Å². The van der Waals surface area contributed by atoms with Gasteiger partial charge in [0, 0.05) is 24.2 Å². The fourth-order valence-corrected chi connectivity index (χ4v) is 3.44. The summed E-state index contributed by atoms with van der Waals surface area (Å²) in [5, 5.41) is 17.7. The molecule has 3 heterocycles. The molecule has 7 heteroatoms. The third-order valence-electron chi connectivity index (χ3n) is 3.64. The Bertz CT molecular complexity index is 866. The van der Waals surface area contributed by atoms with Crippen molar-refractivity contribution >= 4 is 33.1 Å². The molecular formula is C16H18N4O2S. The molecule has 0 saturated heterocycles. The van der Waals surface area contributed by atoms with Crippen molar-refractivity contribution in [2.75, 3.05) is 5.32 Å². The molecule has 3 rings (SSSR count). The Morgan fingerprint density at radius 2 is 2.26 bits per heavy atom. The molecule has 0 aliphatic carbocycles. The number of carbonyl (C=O) groups is 1. The summed E-state index contributed by atoms with van der Waals surface area (Å²) in [5.74, 6) is 0.0899. The van der Waals surface area contributed by atoms with Gasteiger partial charge in [-0.15, -0.1) is 11.3 Å². The van der Waals surface area contributed by atoms with Gasteiger partial charge in [0.2, 0.25) is 0 Å². The lowest BCUT2D eigenvalue weighted by Gasteiger charge is -2.07. The van der Waals surface area contributed by atoms with E-state index >= 15 is 0 Å². The number of aryl methyl sites for hydroxylation is 1. The molecule has 0 aliphatic rings. The zero-order chi connectivity index (χ0) is 16.6. The number of rotatable bonds is 4. The molecule has 0 fully saturated rings. The van der Waals surface area contributed by atoms with Crippen molar-refractivity contribution in [1.82, 2.24) is 14.8 Å². The molecule has 3 aromatic heterocycles. The fourth-order valence-electron chi connectivity index (χ4n) is 2.46. The Morgan fingerprint density at radius 1 is 1.48 bits per heavy atom. The van der Waals surface area contributed by atoms with Crippen LogP contribution in [0.25, 0.3) is 10.2 Å². The predicted octanol–water partition coefficient (Wildman–Crippen LogP) is 2.90. The van der Waals surface area contributed by atoms with Crippen LogP contribution in [0.4, 0.5) is 5.69 Å². The minimum Gasteiger partial charge on any atom is -0.392 e. The van der Waals surface area contributed by atoms with Gasteiger partial charge in [-0.2, -0.15) is 5.10 Å². The second-order valence-corrected chi connectivity index (χ2v) is 6.67. The number of aromatic nitrogens is 3. The van der Waals surface area contributed by atoms with Gasteiger partial charge >= 0.3 is 0 Å². The average Bonchev–Trinajstić information content (AvgIpc) is 3.09. The predicted molar refractivity (Wildman–Crippen MR) is 90.8 cm³/mol. The summed E-state index contributed by atoms with van der Waals surface area (Å²) in [6, 6.07) is 3.56. The first-order valence-corrected chi connectivity index (χ1v) is 8.14. The van der Waals surface area contributed by atoms with Gasteiger partial charge in [0.25, 0.3) is 5.91 Å². The smallest absolute Gasteiger partial charge is 0.265 e. The highest BCUT2D eigenvalue weighted by Crippen LogP contribution is 2.32. The molecule has 2 N–H and O–H groups in total. The van der Waals surface area contributed by atoms with E-state index in [1.807, 2.05) is 17.8 Å². The summed E-state index contributed by atoms with van der Waals surface area (Å²) in [6.07, 6.45) is 3.12. The number of aliphatic hydroxyl groups is 1. The van der Waals surface area contributed by atoms with Crippen molar-refractivity contribution in [3.63, 3.8) is 0 Å². The van der Waals surface area contributed by atoms with Gasteiger partial charge in [0.1, 0.15) is 4.83 Å². The van der Waals surface area contributed by atoms with Gasteiger partial charge in [-0.3, -0.25) is 14.5 Å². The number of anilines is 1. The quantitative estimate of drug-likeness (QED) is 0.771. The number of hydrogen-bond donors (Lipinski definition) is 2. The first kappa shape index (κ1) is 15.6. The van der Waals surface area contributed by atoms with Crippen molar-refractivity contribution in [2.24, 2.45) is 7.05 Å². The van der Waals surface area contributed by atoms with Crippen molar-refractivity contribution in [3.05, 3.63) is 40.7 Å². The van der Waals surface area contributed by atoms with Crippen LogP contribution in [0.3, 0.4) is 0 Å². The third-order valence-corrected chi connectivity index (χ3v) is 4.84. The van der Waals surface area contributed by atoms with E-state index in [0.717, 1.165) is 15.9 Å². The van der Waals surface area contributed by atoms with E-state index in [2.05, 4.69) is 29.2 Å². The first-order valence-electron chi connectivity index (χ1n) is 7.32. The van der Waals surface area contributed by atoms with Crippen LogP contribution in [0.5, 0.6) is 0 Å². The van der Waals surface area contributed by atoms with Crippen molar-refractivity contribution in [2.45, 2.75) is 26.4 Å². The van der Waals surface area contributed by atoms with Crippen LogP contribution in [0.15, 0.2) is 24.5 Å². The number of hydrogen-bond acceptors (Lipinski definition) is 5. The molecule has 0 aromatic carbocycles. The highest BCUT2D eigenvalue weighted by atomic mass is 32.1. The molecule has 0 unspecified atom stereocenters. The maximum Gasteiger partial charge on any atom is 0.265 e. The van der Waals surface area contributed by atoms with E-state index in [4.69, 9.17) is 0 Å². The maximum atomic E-state index is 12.5. The number of nitrogens with zero attached hydrogens (tertiary/aromatic N) is 3. The normalized spacial score (nSPS) is 11.3. The van der Waals surface area contributed by atoms with Gasteiger partial charge in [0.05, 0.1) is 29.1 Å². The van der Waals surface area contributed by atoms with Crippen LogP contribution in [0, 0.1) is 0 Å². The van der Waals surface area contributed by atoms with E-state index < -0.39 is 0 Å². The van der Waals surface area contributed by atoms with E-state index in [9.17, 15) is 9.90 Å². The minimum absolute atomic E-state index is 0.147. The standard InChI is InChI=1S/C16H18N4O2S/c1-9(2)14-11-6-13(23-16(11)20(3)19-14)15(22)18-12-7-17-5-4-10(12)8-21/h4-7,9,21H,8H2,1-3H3,(H,18,22). The Kier molecular flexibility index (Phi) is 4.14. The van der Waals surface area contributed by atoms with Crippen molar-refractivity contribution < 1.29 is 9.90 Å². The second-order valence-electron chi connectivity index (χ2n) is 5.64. The van der Waals surface area contributed by atoms with Gasteiger partial charge in [-0.1, -0.05) is 13.8 Å². The number of pyridine rings is 1. The average molecular weight is 330 g/mol. The molecule has 6 nitrogen and oxygen atoms in total. The summed E-state index contributed by atoms with van der Waals surface area (Å²) in [7, 11) is 1.89. The molecule has 23 heavy (non-hydrogen) atoms. The van der Waals surface area contributed by atoms with Gasteiger partial charge in [0.15, 0.2) is 0 Å². The molecule has 0 bridgehead atoms. The number of aliphatic hydroxyl groups excluding tert-OH is 1. The highest BCUT2D eigenvalue weighted by Gasteiger charge is 2.19. The lowest BCUT2D eigenvalue weighted by molar-refractivity contribution is 0.103. The molecule has 0 radical (unpaired) electrons.